The molecule has 2 aromatic rings. The minimum Gasteiger partial charge on any atom is -0.489 e. The summed E-state index contributed by atoms with van der Waals surface area (Å²) in [6, 6.07) is 9.77. The van der Waals surface area contributed by atoms with E-state index in [1.54, 1.807) is 6.20 Å². The zero-order valence-corrected chi connectivity index (χ0v) is 12.5. The number of hydrogen-bond donors (Lipinski definition) is 2. The predicted molar refractivity (Wildman–Crippen MR) is 85.8 cm³/mol. The number of para-hydroxylation sites is 1. The molecule has 0 saturated carbocycles. The highest BCUT2D eigenvalue weighted by Crippen LogP contribution is 2.22. The van der Waals surface area contributed by atoms with Gasteiger partial charge in [-0.3, -0.25) is 9.78 Å². The molecule has 1 amide bonds. The number of nitrogens with zero attached hydrogens (tertiary/aromatic N) is 1. The average Bonchev–Trinajstić information content (AvgIpc) is 3.04. The van der Waals surface area contributed by atoms with E-state index in [-0.39, 0.29) is 5.91 Å². The molecule has 2 N–H and O–H groups in total. The molecule has 1 saturated heterocycles. The summed E-state index contributed by atoms with van der Waals surface area (Å²) < 4.78 is 5.75. The molecule has 5 nitrogen and oxygen atoms in total. The zero-order valence-electron chi connectivity index (χ0n) is 12.5. The molecule has 0 spiro atoms. The van der Waals surface area contributed by atoms with Crippen LogP contribution in [0.4, 0.5) is 0 Å². The summed E-state index contributed by atoms with van der Waals surface area (Å²) in [5, 5.41) is 7.24. The number of pyridine rings is 1. The molecular formula is C17H21N3O2. The summed E-state index contributed by atoms with van der Waals surface area (Å²) in [5.74, 6) is 1.34. The van der Waals surface area contributed by atoms with Gasteiger partial charge in [0.15, 0.2) is 0 Å². The molecule has 2 heterocycles. The maximum absolute atomic E-state index is 11.8. The van der Waals surface area contributed by atoms with E-state index in [2.05, 4.69) is 15.6 Å². The van der Waals surface area contributed by atoms with Gasteiger partial charge in [-0.25, -0.2) is 0 Å². The van der Waals surface area contributed by atoms with Gasteiger partial charge < -0.3 is 15.4 Å². The minimum absolute atomic E-state index is 0.105. The molecule has 116 valence electrons. The van der Waals surface area contributed by atoms with Gasteiger partial charge in [0.2, 0.25) is 5.91 Å². The van der Waals surface area contributed by atoms with Gasteiger partial charge in [-0.2, -0.15) is 0 Å². The fraction of sp³-hybridized carbons (Fsp3) is 0.412. The van der Waals surface area contributed by atoms with Gasteiger partial charge in [0.25, 0.3) is 0 Å². The van der Waals surface area contributed by atoms with E-state index in [0.29, 0.717) is 25.5 Å². The van der Waals surface area contributed by atoms with E-state index in [1.807, 2.05) is 30.3 Å². The summed E-state index contributed by atoms with van der Waals surface area (Å²) in [6.45, 7) is 2.94. The Labute approximate surface area is 130 Å². The molecule has 0 aliphatic carbocycles. The van der Waals surface area contributed by atoms with Crippen molar-refractivity contribution in [3.05, 3.63) is 36.5 Å². The first kappa shape index (κ1) is 14.8. The normalized spacial score (nSPS) is 17.5. The van der Waals surface area contributed by atoms with Gasteiger partial charge >= 0.3 is 0 Å². The first-order valence-corrected chi connectivity index (χ1v) is 7.77. The fourth-order valence-electron chi connectivity index (χ4n) is 2.77. The number of aromatic nitrogens is 1. The van der Waals surface area contributed by atoms with E-state index < -0.39 is 0 Å². The Hall–Kier alpha value is -2.14. The van der Waals surface area contributed by atoms with Gasteiger partial charge in [0.05, 0.1) is 6.54 Å². The van der Waals surface area contributed by atoms with Crippen LogP contribution in [0.2, 0.25) is 0 Å². The van der Waals surface area contributed by atoms with Crippen molar-refractivity contribution in [2.45, 2.75) is 12.8 Å². The van der Waals surface area contributed by atoms with Crippen LogP contribution in [0.3, 0.4) is 0 Å². The molecule has 1 atom stereocenters. The molecule has 0 radical (unpaired) electrons. The van der Waals surface area contributed by atoms with Crippen molar-refractivity contribution >= 4 is 16.8 Å². The van der Waals surface area contributed by atoms with E-state index in [4.69, 9.17) is 4.74 Å². The van der Waals surface area contributed by atoms with Crippen molar-refractivity contribution in [2.24, 2.45) is 5.92 Å². The standard InChI is InChI=1S/C17H21N3O2/c21-16(11-13-6-8-18-12-13)19-9-10-22-15-5-1-3-14-4-2-7-20-17(14)15/h1-5,7,13,18H,6,8-12H2,(H,19,21). The van der Waals surface area contributed by atoms with Crippen LogP contribution in [0.15, 0.2) is 36.5 Å². The summed E-state index contributed by atoms with van der Waals surface area (Å²) in [6.07, 6.45) is 3.45. The number of hydrogen-bond acceptors (Lipinski definition) is 4. The predicted octanol–water partition coefficient (Wildman–Crippen LogP) is 1.73. The maximum atomic E-state index is 11.8. The van der Waals surface area contributed by atoms with Crippen LogP contribution in [0.25, 0.3) is 10.9 Å². The Morgan fingerprint density at radius 2 is 2.27 bits per heavy atom. The van der Waals surface area contributed by atoms with Crippen molar-refractivity contribution in [1.29, 1.82) is 0 Å². The number of rotatable bonds is 6. The lowest BCUT2D eigenvalue weighted by molar-refractivity contribution is -0.122. The van der Waals surface area contributed by atoms with Gasteiger partial charge in [-0.1, -0.05) is 18.2 Å². The quantitative estimate of drug-likeness (QED) is 0.797. The van der Waals surface area contributed by atoms with Crippen LogP contribution in [-0.4, -0.2) is 37.1 Å². The molecule has 1 aromatic heterocycles. The first-order chi connectivity index (χ1) is 10.8. The summed E-state index contributed by atoms with van der Waals surface area (Å²) >= 11 is 0. The second kappa shape index (κ2) is 7.22. The highest BCUT2D eigenvalue weighted by atomic mass is 16.5. The number of carbonyl (C=O) groups is 1. The highest BCUT2D eigenvalue weighted by Gasteiger charge is 2.17. The van der Waals surface area contributed by atoms with Gasteiger partial charge in [0, 0.05) is 18.0 Å². The second-order valence-electron chi connectivity index (χ2n) is 5.59. The van der Waals surface area contributed by atoms with Crippen LogP contribution in [0, 0.1) is 5.92 Å². The van der Waals surface area contributed by atoms with Crippen LogP contribution < -0.4 is 15.4 Å². The number of carbonyl (C=O) groups excluding carboxylic acids is 1. The molecular weight excluding hydrogens is 278 g/mol. The van der Waals surface area contributed by atoms with Crippen LogP contribution in [0.5, 0.6) is 5.75 Å². The number of amides is 1. The SMILES string of the molecule is O=C(CC1CCNC1)NCCOc1cccc2cccnc12. The lowest BCUT2D eigenvalue weighted by Crippen LogP contribution is -2.30. The smallest absolute Gasteiger partial charge is 0.220 e. The van der Waals surface area contributed by atoms with Crippen LogP contribution in [0.1, 0.15) is 12.8 Å². The topological polar surface area (TPSA) is 63.2 Å². The summed E-state index contributed by atoms with van der Waals surface area (Å²) in [5.41, 5.74) is 0.855. The number of fused-ring (bicyclic) bond motifs is 1. The monoisotopic (exact) mass is 299 g/mol. The largest absolute Gasteiger partial charge is 0.489 e. The van der Waals surface area contributed by atoms with Crippen LogP contribution in [-0.2, 0) is 4.79 Å². The molecule has 1 aliphatic heterocycles. The first-order valence-electron chi connectivity index (χ1n) is 7.77. The fourth-order valence-corrected chi connectivity index (χ4v) is 2.77. The van der Waals surface area contributed by atoms with E-state index in [0.717, 1.165) is 36.2 Å². The molecule has 3 rings (SSSR count). The van der Waals surface area contributed by atoms with E-state index >= 15 is 0 Å². The second-order valence-corrected chi connectivity index (χ2v) is 5.59. The maximum Gasteiger partial charge on any atom is 0.220 e. The lowest BCUT2D eigenvalue weighted by atomic mass is 10.0. The number of benzene rings is 1. The Morgan fingerprint density at radius 3 is 3.14 bits per heavy atom. The zero-order chi connectivity index (χ0) is 15.2. The third kappa shape index (κ3) is 3.74. The minimum atomic E-state index is 0.105. The van der Waals surface area contributed by atoms with Gasteiger partial charge in [-0.15, -0.1) is 0 Å². The highest BCUT2D eigenvalue weighted by molar-refractivity contribution is 5.84. The third-order valence-corrected chi connectivity index (χ3v) is 3.91. The molecule has 1 fully saturated rings. The Bertz CT molecular complexity index is 633. The van der Waals surface area contributed by atoms with E-state index in [9.17, 15) is 4.79 Å². The Morgan fingerprint density at radius 1 is 1.36 bits per heavy atom. The molecule has 1 aliphatic rings. The van der Waals surface area contributed by atoms with Gasteiger partial charge in [0.1, 0.15) is 17.9 Å². The lowest BCUT2D eigenvalue weighted by Gasteiger charge is -2.11. The van der Waals surface area contributed by atoms with Crippen molar-refractivity contribution in [2.75, 3.05) is 26.2 Å². The van der Waals surface area contributed by atoms with Gasteiger partial charge in [-0.05, 0) is 37.6 Å². The molecule has 1 aromatic carbocycles. The van der Waals surface area contributed by atoms with Crippen molar-refractivity contribution in [1.82, 2.24) is 15.6 Å². The number of nitrogens with one attached hydrogen (secondary N) is 2. The molecule has 1 unspecified atom stereocenters. The van der Waals surface area contributed by atoms with Crippen LogP contribution >= 0.6 is 0 Å². The summed E-state index contributed by atoms with van der Waals surface area (Å²) in [4.78, 5) is 16.2. The van der Waals surface area contributed by atoms with Crippen molar-refractivity contribution < 1.29 is 9.53 Å². The summed E-state index contributed by atoms with van der Waals surface area (Å²) in [7, 11) is 0. The Balaban J connectivity index is 1.45. The van der Waals surface area contributed by atoms with E-state index in [1.165, 1.54) is 0 Å². The van der Waals surface area contributed by atoms with Crippen molar-refractivity contribution in [3.63, 3.8) is 0 Å². The molecule has 5 heteroatoms. The third-order valence-electron chi connectivity index (χ3n) is 3.91. The molecule has 0 bridgehead atoms. The van der Waals surface area contributed by atoms with Crippen molar-refractivity contribution in [3.8, 4) is 5.75 Å². The number of ether oxygens (including phenoxy) is 1. The average molecular weight is 299 g/mol. The molecule has 22 heavy (non-hydrogen) atoms. The Kier molecular flexibility index (Phi) is 4.85.